The fraction of sp³-hybridized carbons (Fsp3) is 0.500. The summed E-state index contributed by atoms with van der Waals surface area (Å²) in [7, 11) is 0. The Morgan fingerprint density at radius 2 is 1.65 bits per heavy atom. The van der Waals surface area contributed by atoms with Gasteiger partial charge in [-0.3, -0.25) is 9.59 Å². The molecule has 2 amide bonds. The Hall–Kier alpha value is -2.77. The molecular formula is C18H22N6O2. The molecule has 0 aliphatic carbocycles. The van der Waals surface area contributed by atoms with Gasteiger partial charge in [0.05, 0.1) is 5.92 Å². The number of hydrogen-bond donors (Lipinski definition) is 0. The monoisotopic (exact) mass is 354 g/mol. The van der Waals surface area contributed by atoms with Gasteiger partial charge >= 0.3 is 0 Å². The van der Waals surface area contributed by atoms with Crippen LogP contribution in [-0.2, 0) is 11.3 Å². The van der Waals surface area contributed by atoms with E-state index in [1.165, 1.54) is 0 Å². The molecular weight excluding hydrogens is 332 g/mol. The van der Waals surface area contributed by atoms with Gasteiger partial charge in [0, 0.05) is 38.3 Å². The Kier molecular flexibility index (Phi) is 4.64. The van der Waals surface area contributed by atoms with E-state index in [1.807, 2.05) is 40.1 Å². The SMILES string of the molecule is O=C(c1ccccc1)N1CCN(C(=O)C2CCCCn3nnnc32)CC1. The average Bonchev–Trinajstić information content (AvgIpc) is 3.07. The van der Waals surface area contributed by atoms with Gasteiger partial charge in [0.2, 0.25) is 5.91 Å². The number of carbonyl (C=O) groups is 2. The van der Waals surface area contributed by atoms with Crippen LogP contribution in [-0.4, -0.2) is 68.0 Å². The van der Waals surface area contributed by atoms with E-state index in [0.29, 0.717) is 37.6 Å². The molecule has 1 saturated heterocycles. The minimum absolute atomic E-state index is 0.0242. The summed E-state index contributed by atoms with van der Waals surface area (Å²) >= 11 is 0. The Labute approximate surface area is 151 Å². The van der Waals surface area contributed by atoms with Crippen molar-refractivity contribution in [3.8, 4) is 0 Å². The number of carbonyl (C=O) groups excluding carboxylic acids is 2. The highest BCUT2D eigenvalue weighted by molar-refractivity contribution is 5.94. The number of benzene rings is 1. The molecule has 1 aromatic carbocycles. The predicted octanol–water partition coefficient (Wildman–Crippen LogP) is 0.925. The van der Waals surface area contributed by atoms with E-state index in [1.54, 1.807) is 4.68 Å². The highest BCUT2D eigenvalue weighted by atomic mass is 16.2. The van der Waals surface area contributed by atoms with Crippen LogP contribution in [0.1, 0.15) is 41.4 Å². The number of amides is 2. The van der Waals surface area contributed by atoms with Crippen LogP contribution in [0.4, 0.5) is 0 Å². The lowest BCUT2D eigenvalue weighted by Crippen LogP contribution is -2.51. The minimum Gasteiger partial charge on any atom is -0.339 e. The first-order chi connectivity index (χ1) is 12.7. The number of piperazine rings is 1. The summed E-state index contributed by atoms with van der Waals surface area (Å²) in [6.45, 7) is 2.98. The topological polar surface area (TPSA) is 84.2 Å². The number of hydrogen-bond acceptors (Lipinski definition) is 5. The molecule has 8 heteroatoms. The molecule has 0 saturated carbocycles. The molecule has 1 aromatic heterocycles. The lowest BCUT2D eigenvalue weighted by Gasteiger charge is -2.36. The zero-order valence-corrected chi connectivity index (χ0v) is 14.6. The van der Waals surface area contributed by atoms with Crippen molar-refractivity contribution >= 4 is 11.8 Å². The molecule has 0 radical (unpaired) electrons. The van der Waals surface area contributed by atoms with Crippen molar-refractivity contribution < 1.29 is 9.59 Å². The van der Waals surface area contributed by atoms with Crippen molar-refractivity contribution in [2.75, 3.05) is 26.2 Å². The number of nitrogens with zero attached hydrogens (tertiary/aromatic N) is 6. The maximum atomic E-state index is 13.0. The van der Waals surface area contributed by atoms with Crippen LogP contribution in [0, 0.1) is 0 Å². The lowest BCUT2D eigenvalue weighted by atomic mass is 10.0. The van der Waals surface area contributed by atoms with Gasteiger partial charge in [-0.2, -0.15) is 0 Å². The van der Waals surface area contributed by atoms with E-state index in [-0.39, 0.29) is 17.7 Å². The van der Waals surface area contributed by atoms with Crippen molar-refractivity contribution in [2.45, 2.75) is 31.7 Å². The number of aryl methyl sites for hydroxylation is 1. The Morgan fingerprint density at radius 1 is 0.923 bits per heavy atom. The quantitative estimate of drug-likeness (QED) is 0.801. The first-order valence-corrected chi connectivity index (χ1v) is 9.13. The summed E-state index contributed by atoms with van der Waals surface area (Å²) in [5.41, 5.74) is 0.690. The first-order valence-electron chi connectivity index (χ1n) is 9.13. The van der Waals surface area contributed by atoms with Crippen LogP contribution >= 0.6 is 0 Å². The van der Waals surface area contributed by atoms with Gasteiger partial charge in [-0.1, -0.05) is 24.6 Å². The zero-order valence-electron chi connectivity index (χ0n) is 14.6. The minimum atomic E-state index is -0.274. The van der Waals surface area contributed by atoms with E-state index in [9.17, 15) is 9.59 Å². The molecule has 2 aliphatic heterocycles. The van der Waals surface area contributed by atoms with Crippen LogP contribution < -0.4 is 0 Å². The van der Waals surface area contributed by atoms with E-state index in [4.69, 9.17) is 0 Å². The van der Waals surface area contributed by atoms with Gasteiger partial charge in [0.25, 0.3) is 5.91 Å². The molecule has 1 atom stereocenters. The van der Waals surface area contributed by atoms with Gasteiger partial charge in [0.1, 0.15) is 0 Å². The van der Waals surface area contributed by atoms with Gasteiger partial charge in [-0.15, -0.1) is 5.10 Å². The Balaban J connectivity index is 1.41. The molecule has 26 heavy (non-hydrogen) atoms. The highest BCUT2D eigenvalue weighted by Gasteiger charge is 2.33. The number of rotatable bonds is 2. The second-order valence-corrected chi connectivity index (χ2v) is 6.79. The van der Waals surface area contributed by atoms with Gasteiger partial charge < -0.3 is 9.80 Å². The maximum absolute atomic E-state index is 13.0. The molecule has 2 aliphatic rings. The van der Waals surface area contributed by atoms with Crippen LogP contribution in [0.15, 0.2) is 30.3 Å². The largest absolute Gasteiger partial charge is 0.339 e. The number of tetrazole rings is 1. The molecule has 1 fully saturated rings. The van der Waals surface area contributed by atoms with E-state index < -0.39 is 0 Å². The molecule has 136 valence electrons. The summed E-state index contributed by atoms with van der Waals surface area (Å²) < 4.78 is 1.75. The average molecular weight is 354 g/mol. The molecule has 1 unspecified atom stereocenters. The standard InChI is InChI=1S/C18H22N6O2/c25-17(14-6-2-1-3-7-14)22-10-12-23(13-11-22)18(26)15-8-4-5-9-24-16(15)19-20-21-24/h1-3,6-7,15H,4-5,8-13H2. The smallest absolute Gasteiger partial charge is 0.253 e. The summed E-state index contributed by atoms with van der Waals surface area (Å²) in [5, 5.41) is 11.8. The van der Waals surface area contributed by atoms with Crippen molar-refractivity contribution in [1.82, 2.24) is 30.0 Å². The van der Waals surface area contributed by atoms with Crippen LogP contribution in [0.3, 0.4) is 0 Å². The molecule has 3 heterocycles. The lowest BCUT2D eigenvalue weighted by molar-refractivity contribution is -0.134. The van der Waals surface area contributed by atoms with Crippen LogP contribution in [0.2, 0.25) is 0 Å². The molecule has 4 rings (SSSR count). The van der Waals surface area contributed by atoms with E-state index in [0.717, 1.165) is 25.8 Å². The van der Waals surface area contributed by atoms with E-state index >= 15 is 0 Å². The zero-order chi connectivity index (χ0) is 17.9. The van der Waals surface area contributed by atoms with Gasteiger partial charge in [-0.25, -0.2) is 4.68 Å². The Morgan fingerprint density at radius 3 is 2.42 bits per heavy atom. The normalized spacial score (nSPS) is 20.4. The summed E-state index contributed by atoms with van der Waals surface area (Å²) in [6, 6.07) is 9.27. The number of fused-ring (bicyclic) bond motifs is 1. The van der Waals surface area contributed by atoms with Crippen molar-refractivity contribution in [2.24, 2.45) is 0 Å². The first kappa shape index (κ1) is 16.7. The van der Waals surface area contributed by atoms with Gasteiger partial charge in [-0.05, 0) is 35.4 Å². The fourth-order valence-electron chi connectivity index (χ4n) is 3.71. The summed E-state index contributed by atoms with van der Waals surface area (Å²) in [5.74, 6) is 0.505. The fourth-order valence-corrected chi connectivity index (χ4v) is 3.71. The Bertz CT molecular complexity index is 782. The van der Waals surface area contributed by atoms with Crippen molar-refractivity contribution in [1.29, 1.82) is 0 Å². The summed E-state index contributed by atoms with van der Waals surface area (Å²) in [6.07, 6.45) is 2.75. The third-order valence-electron chi connectivity index (χ3n) is 5.18. The second-order valence-electron chi connectivity index (χ2n) is 6.79. The molecule has 0 bridgehead atoms. The molecule has 0 spiro atoms. The van der Waals surface area contributed by atoms with Gasteiger partial charge in [0.15, 0.2) is 5.82 Å². The second kappa shape index (κ2) is 7.23. The van der Waals surface area contributed by atoms with Crippen LogP contribution in [0.5, 0.6) is 0 Å². The predicted molar refractivity (Wildman–Crippen MR) is 93.3 cm³/mol. The third-order valence-corrected chi connectivity index (χ3v) is 5.18. The van der Waals surface area contributed by atoms with Crippen LogP contribution in [0.25, 0.3) is 0 Å². The number of aromatic nitrogens is 4. The molecule has 0 N–H and O–H groups in total. The molecule has 8 nitrogen and oxygen atoms in total. The van der Waals surface area contributed by atoms with E-state index in [2.05, 4.69) is 15.5 Å². The van der Waals surface area contributed by atoms with Crippen molar-refractivity contribution in [3.63, 3.8) is 0 Å². The summed E-state index contributed by atoms with van der Waals surface area (Å²) in [4.78, 5) is 29.2. The maximum Gasteiger partial charge on any atom is 0.253 e. The highest BCUT2D eigenvalue weighted by Crippen LogP contribution is 2.26. The molecule has 2 aromatic rings. The van der Waals surface area contributed by atoms with Crippen molar-refractivity contribution in [3.05, 3.63) is 41.7 Å². The third kappa shape index (κ3) is 3.18.